The molecule has 0 atom stereocenters. The molecule has 7 nitrogen and oxygen atoms in total. The van der Waals surface area contributed by atoms with Gasteiger partial charge in [-0.3, -0.25) is 14.4 Å². The number of aromatic nitrogens is 2. The number of benzene rings is 3. The zero-order chi connectivity index (χ0) is 27.9. The molecule has 0 bridgehead atoms. The third-order valence-electron chi connectivity index (χ3n) is 7.24. The molecule has 0 aliphatic carbocycles. The summed E-state index contributed by atoms with van der Waals surface area (Å²) >= 11 is 0. The SMILES string of the molecule is Cn1nc(COCc2ccccc2F)c2c1CCN(Cc1ccc(COc3ccc(CCC(=O)O)cc3)cc1)C2. The summed E-state index contributed by atoms with van der Waals surface area (Å²) in [6.07, 6.45) is 1.56. The molecule has 0 spiro atoms. The molecule has 0 saturated heterocycles. The van der Waals surface area contributed by atoms with E-state index < -0.39 is 5.97 Å². The Morgan fingerprint density at radius 3 is 2.42 bits per heavy atom. The molecular formula is C32H34FN3O4. The molecule has 1 aliphatic rings. The quantitative estimate of drug-likeness (QED) is 0.257. The molecule has 40 heavy (non-hydrogen) atoms. The lowest BCUT2D eigenvalue weighted by molar-refractivity contribution is -0.136. The van der Waals surface area contributed by atoms with E-state index in [1.165, 1.54) is 22.9 Å². The number of rotatable bonds is 12. The van der Waals surface area contributed by atoms with Gasteiger partial charge in [-0.1, -0.05) is 54.6 Å². The first-order valence-electron chi connectivity index (χ1n) is 13.5. The van der Waals surface area contributed by atoms with E-state index in [9.17, 15) is 9.18 Å². The van der Waals surface area contributed by atoms with Crippen molar-refractivity contribution in [1.29, 1.82) is 0 Å². The van der Waals surface area contributed by atoms with E-state index in [0.29, 0.717) is 25.2 Å². The average Bonchev–Trinajstić information content (AvgIpc) is 3.27. The van der Waals surface area contributed by atoms with Crippen molar-refractivity contribution in [1.82, 2.24) is 14.7 Å². The van der Waals surface area contributed by atoms with Crippen LogP contribution in [0.3, 0.4) is 0 Å². The second-order valence-corrected chi connectivity index (χ2v) is 10.2. The molecule has 0 saturated carbocycles. The van der Waals surface area contributed by atoms with E-state index >= 15 is 0 Å². The van der Waals surface area contributed by atoms with Gasteiger partial charge in [0.05, 0.1) is 18.9 Å². The lowest BCUT2D eigenvalue weighted by Crippen LogP contribution is -2.30. The molecule has 1 aromatic heterocycles. The first-order chi connectivity index (χ1) is 19.4. The molecule has 3 aromatic carbocycles. The third-order valence-corrected chi connectivity index (χ3v) is 7.24. The number of aliphatic carboxylic acids is 1. The van der Waals surface area contributed by atoms with Crippen molar-refractivity contribution in [3.05, 3.63) is 118 Å². The highest BCUT2D eigenvalue weighted by Crippen LogP contribution is 2.25. The standard InChI is InChI=1S/C32H34FN3O4/c1-35-31-16-17-36(19-28(31)30(34-35)22-39-21-26-4-2-3-5-29(26)33)18-24-6-8-25(9-7-24)20-40-27-13-10-23(11-14-27)12-15-32(37)38/h2-11,13-14H,12,15-22H2,1H3,(H,37,38). The Balaban J connectivity index is 1.12. The van der Waals surface area contributed by atoms with Crippen molar-refractivity contribution in [3.63, 3.8) is 0 Å². The first-order valence-corrected chi connectivity index (χ1v) is 13.5. The number of hydrogen-bond acceptors (Lipinski definition) is 5. The summed E-state index contributed by atoms with van der Waals surface area (Å²) in [7, 11) is 1.98. The first kappa shape index (κ1) is 27.6. The van der Waals surface area contributed by atoms with Gasteiger partial charge in [0.2, 0.25) is 0 Å². The lowest BCUT2D eigenvalue weighted by Gasteiger charge is -2.27. The summed E-state index contributed by atoms with van der Waals surface area (Å²) in [6.45, 7) is 3.63. The molecule has 4 aromatic rings. The van der Waals surface area contributed by atoms with Crippen LogP contribution in [0.15, 0.2) is 72.8 Å². The lowest BCUT2D eigenvalue weighted by atomic mass is 10.0. The van der Waals surface area contributed by atoms with Crippen LogP contribution in [0.1, 0.15) is 45.6 Å². The van der Waals surface area contributed by atoms with E-state index in [2.05, 4.69) is 29.2 Å². The van der Waals surface area contributed by atoms with Gasteiger partial charge in [-0.25, -0.2) is 4.39 Å². The van der Waals surface area contributed by atoms with Crippen molar-refractivity contribution in [2.45, 2.75) is 52.2 Å². The second kappa shape index (κ2) is 12.9. The van der Waals surface area contributed by atoms with Crippen LogP contribution in [0.2, 0.25) is 0 Å². The van der Waals surface area contributed by atoms with Crippen LogP contribution >= 0.6 is 0 Å². The van der Waals surface area contributed by atoms with Crippen LogP contribution in [-0.4, -0.2) is 32.3 Å². The number of aryl methyl sites for hydroxylation is 2. The van der Waals surface area contributed by atoms with E-state index in [1.807, 2.05) is 42.1 Å². The highest BCUT2D eigenvalue weighted by atomic mass is 19.1. The molecule has 0 fully saturated rings. The van der Waals surface area contributed by atoms with Crippen molar-refractivity contribution < 1.29 is 23.8 Å². The predicted molar refractivity (Wildman–Crippen MR) is 149 cm³/mol. The van der Waals surface area contributed by atoms with Crippen molar-refractivity contribution >= 4 is 5.97 Å². The van der Waals surface area contributed by atoms with Gasteiger partial charge in [-0.05, 0) is 41.3 Å². The average molecular weight is 544 g/mol. The highest BCUT2D eigenvalue weighted by Gasteiger charge is 2.24. The van der Waals surface area contributed by atoms with Gasteiger partial charge in [-0.2, -0.15) is 5.10 Å². The fourth-order valence-corrected chi connectivity index (χ4v) is 5.02. The number of carbonyl (C=O) groups is 1. The molecule has 0 unspecified atom stereocenters. The summed E-state index contributed by atoms with van der Waals surface area (Å²) < 4.78 is 27.6. The summed E-state index contributed by atoms with van der Waals surface area (Å²) in [5.41, 5.74) is 7.22. The van der Waals surface area contributed by atoms with Gasteiger partial charge in [-0.15, -0.1) is 0 Å². The summed E-state index contributed by atoms with van der Waals surface area (Å²) in [5.74, 6) is -0.283. The van der Waals surface area contributed by atoms with Gasteiger partial charge in [0.25, 0.3) is 0 Å². The number of fused-ring (bicyclic) bond motifs is 1. The minimum atomic E-state index is -0.793. The number of halogens is 1. The Hall–Kier alpha value is -4.01. The number of hydrogen-bond donors (Lipinski definition) is 1. The zero-order valence-electron chi connectivity index (χ0n) is 22.7. The fourth-order valence-electron chi connectivity index (χ4n) is 5.02. The van der Waals surface area contributed by atoms with Crippen LogP contribution in [0, 0.1) is 5.82 Å². The van der Waals surface area contributed by atoms with Gasteiger partial charge in [0.15, 0.2) is 0 Å². The van der Waals surface area contributed by atoms with E-state index in [0.717, 1.165) is 48.6 Å². The predicted octanol–water partition coefficient (Wildman–Crippen LogP) is 5.43. The Morgan fingerprint density at radius 1 is 0.950 bits per heavy atom. The summed E-state index contributed by atoms with van der Waals surface area (Å²) in [4.78, 5) is 13.2. The van der Waals surface area contributed by atoms with Crippen LogP contribution in [0.5, 0.6) is 5.75 Å². The third kappa shape index (κ3) is 7.14. The number of carboxylic acids is 1. The maximum absolute atomic E-state index is 13.9. The molecule has 0 radical (unpaired) electrons. The Labute approximate surface area is 233 Å². The molecule has 0 amide bonds. The van der Waals surface area contributed by atoms with Gasteiger partial charge < -0.3 is 14.6 Å². The summed E-state index contributed by atoms with van der Waals surface area (Å²) in [6, 6.07) is 22.7. The molecule has 5 rings (SSSR count). The molecule has 8 heteroatoms. The Bertz CT molecular complexity index is 1430. The molecular weight excluding hydrogens is 509 g/mol. The van der Waals surface area contributed by atoms with Gasteiger partial charge in [0, 0.05) is 56.3 Å². The minimum absolute atomic E-state index is 0.125. The largest absolute Gasteiger partial charge is 0.489 e. The van der Waals surface area contributed by atoms with E-state index in [1.54, 1.807) is 12.1 Å². The van der Waals surface area contributed by atoms with Gasteiger partial charge in [0.1, 0.15) is 18.2 Å². The molecule has 208 valence electrons. The zero-order valence-corrected chi connectivity index (χ0v) is 22.7. The van der Waals surface area contributed by atoms with Crippen LogP contribution in [0.4, 0.5) is 4.39 Å². The normalized spacial score (nSPS) is 13.2. The van der Waals surface area contributed by atoms with Crippen molar-refractivity contribution in [2.24, 2.45) is 7.05 Å². The van der Waals surface area contributed by atoms with Crippen LogP contribution in [0.25, 0.3) is 0 Å². The number of ether oxygens (including phenoxy) is 2. The Kier molecular flexibility index (Phi) is 8.88. The van der Waals surface area contributed by atoms with Crippen LogP contribution < -0.4 is 4.74 Å². The monoisotopic (exact) mass is 543 g/mol. The molecule has 1 aliphatic heterocycles. The molecule has 2 heterocycles. The Morgan fingerprint density at radius 2 is 1.68 bits per heavy atom. The molecule has 1 N–H and O–H groups in total. The smallest absolute Gasteiger partial charge is 0.303 e. The number of nitrogens with zero attached hydrogens (tertiary/aromatic N) is 3. The van der Waals surface area contributed by atoms with Crippen LogP contribution in [-0.2, 0) is 62.3 Å². The van der Waals surface area contributed by atoms with Gasteiger partial charge >= 0.3 is 5.97 Å². The number of carboxylic acid groups (broad SMARTS) is 1. The van der Waals surface area contributed by atoms with E-state index in [-0.39, 0.29) is 18.8 Å². The highest BCUT2D eigenvalue weighted by molar-refractivity contribution is 5.67. The maximum Gasteiger partial charge on any atom is 0.303 e. The van der Waals surface area contributed by atoms with Crippen molar-refractivity contribution in [3.8, 4) is 5.75 Å². The topological polar surface area (TPSA) is 76.8 Å². The van der Waals surface area contributed by atoms with E-state index in [4.69, 9.17) is 19.7 Å². The maximum atomic E-state index is 13.9. The van der Waals surface area contributed by atoms with Crippen molar-refractivity contribution in [2.75, 3.05) is 6.54 Å². The minimum Gasteiger partial charge on any atom is -0.489 e. The second-order valence-electron chi connectivity index (χ2n) is 10.2. The summed E-state index contributed by atoms with van der Waals surface area (Å²) in [5, 5.41) is 13.5. The fraction of sp³-hybridized carbons (Fsp3) is 0.312.